The van der Waals surface area contributed by atoms with Crippen LogP contribution < -0.4 is 10.5 Å². The zero-order valence-corrected chi connectivity index (χ0v) is 17.6. The SMILES string of the molecule is NC(=O)c1[nH]c2c([N+](=O)[O-])cccc2c1S(=O)(=O)N1CCOC(COc2ccccc2)C1. The van der Waals surface area contributed by atoms with Crippen LogP contribution in [0.5, 0.6) is 5.75 Å². The molecule has 4 rings (SSSR count). The van der Waals surface area contributed by atoms with Gasteiger partial charge in [-0.25, -0.2) is 8.42 Å². The number of rotatable bonds is 7. The number of nitrogens with two attached hydrogens (primary N) is 1. The number of carbonyl (C=O) groups is 1. The van der Waals surface area contributed by atoms with Gasteiger partial charge in [-0.15, -0.1) is 0 Å². The van der Waals surface area contributed by atoms with Gasteiger partial charge < -0.3 is 20.2 Å². The number of para-hydroxylation sites is 2. The molecule has 32 heavy (non-hydrogen) atoms. The molecule has 1 amide bonds. The fourth-order valence-electron chi connectivity index (χ4n) is 3.62. The molecule has 1 aliphatic rings. The molecule has 3 aromatic rings. The smallest absolute Gasteiger partial charge is 0.293 e. The van der Waals surface area contributed by atoms with Crippen molar-refractivity contribution >= 4 is 32.5 Å². The van der Waals surface area contributed by atoms with E-state index in [2.05, 4.69) is 4.98 Å². The Labute approximate surface area is 182 Å². The molecule has 1 aliphatic heterocycles. The Morgan fingerprint density at radius 1 is 1.25 bits per heavy atom. The number of morpholine rings is 1. The molecule has 1 unspecified atom stereocenters. The van der Waals surface area contributed by atoms with Gasteiger partial charge in [0.25, 0.3) is 11.6 Å². The molecule has 0 spiro atoms. The molecular weight excluding hydrogens is 440 g/mol. The van der Waals surface area contributed by atoms with E-state index in [-0.39, 0.29) is 47.8 Å². The van der Waals surface area contributed by atoms with Crippen molar-refractivity contribution in [1.29, 1.82) is 0 Å². The Morgan fingerprint density at radius 3 is 2.69 bits per heavy atom. The van der Waals surface area contributed by atoms with Crippen LogP contribution in [0.2, 0.25) is 0 Å². The number of amides is 1. The number of H-pyrrole nitrogens is 1. The first kappa shape index (κ1) is 21.7. The zero-order chi connectivity index (χ0) is 22.9. The van der Waals surface area contributed by atoms with Gasteiger partial charge in [0.1, 0.15) is 34.6 Å². The number of aromatic amines is 1. The topological polar surface area (TPSA) is 158 Å². The molecular formula is C20H20N4O7S. The summed E-state index contributed by atoms with van der Waals surface area (Å²) in [5.74, 6) is -0.415. The number of nitro benzene ring substituents is 1. The molecule has 1 atom stereocenters. The summed E-state index contributed by atoms with van der Waals surface area (Å²) in [7, 11) is -4.24. The standard InChI is InChI=1S/C20H20N4O7S/c21-20(25)18-19(15-7-4-8-16(24(26)27)17(15)22-18)32(28,29)23-9-10-30-14(11-23)12-31-13-5-2-1-3-6-13/h1-8,14,22H,9-12H2,(H2,21,25). The van der Waals surface area contributed by atoms with Crippen LogP contribution in [0.1, 0.15) is 10.5 Å². The summed E-state index contributed by atoms with van der Waals surface area (Å²) in [4.78, 5) is 24.9. The maximum absolute atomic E-state index is 13.5. The second-order valence-electron chi connectivity index (χ2n) is 7.13. The van der Waals surface area contributed by atoms with Crippen molar-refractivity contribution in [3.8, 4) is 5.75 Å². The lowest BCUT2D eigenvalue weighted by atomic mass is 10.2. The minimum Gasteiger partial charge on any atom is -0.491 e. The number of aromatic nitrogens is 1. The lowest BCUT2D eigenvalue weighted by molar-refractivity contribution is -0.383. The largest absolute Gasteiger partial charge is 0.491 e. The zero-order valence-electron chi connectivity index (χ0n) is 16.8. The molecule has 168 valence electrons. The molecule has 1 aromatic heterocycles. The number of nitrogens with one attached hydrogen (secondary N) is 1. The average molecular weight is 460 g/mol. The first-order valence-electron chi connectivity index (χ1n) is 9.67. The van der Waals surface area contributed by atoms with E-state index in [1.54, 1.807) is 12.1 Å². The predicted octanol–water partition coefficient (Wildman–Crippen LogP) is 1.64. The van der Waals surface area contributed by atoms with Gasteiger partial charge in [0, 0.05) is 24.5 Å². The van der Waals surface area contributed by atoms with Gasteiger partial charge in [0.05, 0.1) is 11.5 Å². The Bertz CT molecular complexity index is 1270. The molecule has 0 radical (unpaired) electrons. The van der Waals surface area contributed by atoms with Crippen LogP contribution in [0.25, 0.3) is 10.9 Å². The highest BCUT2D eigenvalue weighted by Crippen LogP contribution is 2.34. The third-order valence-corrected chi connectivity index (χ3v) is 7.04. The van der Waals surface area contributed by atoms with Crippen LogP contribution in [0.15, 0.2) is 53.4 Å². The Hall–Kier alpha value is -3.48. The van der Waals surface area contributed by atoms with Crippen molar-refractivity contribution in [3.05, 3.63) is 64.3 Å². The number of hydrogen-bond acceptors (Lipinski definition) is 7. The van der Waals surface area contributed by atoms with Gasteiger partial charge in [-0.1, -0.05) is 30.3 Å². The van der Waals surface area contributed by atoms with Gasteiger partial charge in [0.2, 0.25) is 10.0 Å². The molecule has 0 saturated carbocycles. The highest BCUT2D eigenvalue weighted by atomic mass is 32.2. The van der Waals surface area contributed by atoms with Crippen LogP contribution in [-0.4, -0.2) is 60.9 Å². The minimum atomic E-state index is -4.24. The van der Waals surface area contributed by atoms with Crippen molar-refractivity contribution < 1.29 is 27.6 Å². The molecule has 3 N–H and O–H groups in total. The van der Waals surface area contributed by atoms with E-state index in [9.17, 15) is 23.3 Å². The second-order valence-corrected chi connectivity index (χ2v) is 9.00. The van der Waals surface area contributed by atoms with E-state index in [4.69, 9.17) is 15.2 Å². The van der Waals surface area contributed by atoms with Crippen LogP contribution in [0.4, 0.5) is 5.69 Å². The third kappa shape index (κ3) is 4.02. The number of hydrogen-bond donors (Lipinski definition) is 2. The van der Waals surface area contributed by atoms with Crippen molar-refractivity contribution in [3.63, 3.8) is 0 Å². The fraction of sp³-hybridized carbons (Fsp3) is 0.250. The van der Waals surface area contributed by atoms with Crippen LogP contribution in [0.3, 0.4) is 0 Å². The number of benzene rings is 2. The molecule has 12 heteroatoms. The minimum absolute atomic E-state index is 0.0189. The molecule has 2 heterocycles. The number of nitro groups is 1. The van der Waals surface area contributed by atoms with E-state index in [0.29, 0.717) is 5.75 Å². The summed E-state index contributed by atoms with van der Waals surface area (Å²) in [5, 5.41) is 11.4. The molecule has 2 aromatic carbocycles. The molecule has 1 saturated heterocycles. The number of ether oxygens (including phenoxy) is 2. The van der Waals surface area contributed by atoms with Gasteiger partial charge in [-0.05, 0) is 12.1 Å². The predicted molar refractivity (Wildman–Crippen MR) is 114 cm³/mol. The quantitative estimate of drug-likeness (QED) is 0.401. The normalized spacial score (nSPS) is 17.3. The van der Waals surface area contributed by atoms with Crippen LogP contribution >= 0.6 is 0 Å². The van der Waals surface area contributed by atoms with Crippen LogP contribution in [0, 0.1) is 10.1 Å². The van der Waals surface area contributed by atoms with E-state index < -0.39 is 32.7 Å². The summed E-state index contributed by atoms with van der Waals surface area (Å²) < 4.78 is 39.5. The highest BCUT2D eigenvalue weighted by molar-refractivity contribution is 7.89. The molecule has 0 bridgehead atoms. The van der Waals surface area contributed by atoms with E-state index in [1.165, 1.54) is 22.5 Å². The number of carbonyl (C=O) groups excluding carboxylic acids is 1. The number of sulfonamides is 1. The van der Waals surface area contributed by atoms with Crippen molar-refractivity contribution in [1.82, 2.24) is 9.29 Å². The summed E-state index contributed by atoms with van der Waals surface area (Å²) in [6.07, 6.45) is -0.546. The van der Waals surface area contributed by atoms with Crippen molar-refractivity contribution in [2.45, 2.75) is 11.0 Å². The Balaban J connectivity index is 1.66. The van der Waals surface area contributed by atoms with Crippen molar-refractivity contribution in [2.24, 2.45) is 5.73 Å². The first-order valence-corrected chi connectivity index (χ1v) is 11.1. The summed E-state index contributed by atoms with van der Waals surface area (Å²) in [6.45, 7) is 0.271. The maximum Gasteiger partial charge on any atom is 0.293 e. The first-order chi connectivity index (χ1) is 15.3. The number of primary amides is 1. The number of fused-ring (bicyclic) bond motifs is 1. The number of nitrogens with zero attached hydrogens (tertiary/aromatic N) is 2. The summed E-state index contributed by atoms with van der Waals surface area (Å²) in [6, 6.07) is 13.0. The lowest BCUT2D eigenvalue weighted by Crippen LogP contribution is -2.47. The van der Waals surface area contributed by atoms with Crippen LogP contribution in [-0.2, 0) is 14.8 Å². The Kier molecular flexibility index (Phi) is 5.82. The highest BCUT2D eigenvalue weighted by Gasteiger charge is 2.37. The number of non-ortho nitro benzene ring substituents is 1. The van der Waals surface area contributed by atoms with Gasteiger partial charge in [-0.2, -0.15) is 4.31 Å². The van der Waals surface area contributed by atoms with Gasteiger partial charge in [-0.3, -0.25) is 14.9 Å². The second kappa shape index (κ2) is 8.57. The van der Waals surface area contributed by atoms with E-state index >= 15 is 0 Å². The molecule has 0 aliphatic carbocycles. The van der Waals surface area contributed by atoms with E-state index in [1.807, 2.05) is 18.2 Å². The lowest BCUT2D eigenvalue weighted by Gasteiger charge is -2.32. The van der Waals surface area contributed by atoms with Gasteiger partial charge >= 0.3 is 0 Å². The fourth-order valence-corrected chi connectivity index (χ4v) is 5.41. The third-order valence-electron chi connectivity index (χ3n) is 5.09. The average Bonchev–Trinajstić information content (AvgIpc) is 3.19. The summed E-state index contributed by atoms with van der Waals surface area (Å²) in [5.41, 5.74) is 4.56. The maximum atomic E-state index is 13.5. The molecule has 1 fully saturated rings. The van der Waals surface area contributed by atoms with E-state index in [0.717, 1.165) is 0 Å². The Morgan fingerprint density at radius 2 is 2.00 bits per heavy atom. The molecule has 11 nitrogen and oxygen atoms in total. The van der Waals surface area contributed by atoms with Gasteiger partial charge in [0.15, 0.2) is 0 Å². The summed E-state index contributed by atoms with van der Waals surface area (Å²) >= 11 is 0. The van der Waals surface area contributed by atoms with Crippen molar-refractivity contribution in [2.75, 3.05) is 26.3 Å². The monoisotopic (exact) mass is 460 g/mol.